The maximum absolute atomic E-state index is 8.77. The van der Waals surface area contributed by atoms with Crippen molar-refractivity contribution in [3.63, 3.8) is 0 Å². The zero-order valence-corrected chi connectivity index (χ0v) is 28.4. The molecule has 2 aromatic heterocycles. The molecule has 8 aromatic carbocycles. The summed E-state index contributed by atoms with van der Waals surface area (Å²) in [5.74, 6) is 1.59. The van der Waals surface area contributed by atoms with Gasteiger partial charge in [-0.2, -0.15) is 0 Å². The first-order valence-corrected chi connectivity index (χ1v) is 17.5. The molecule has 0 fully saturated rings. The van der Waals surface area contributed by atoms with E-state index in [1.807, 2.05) is 91.0 Å². The molecule has 0 amide bonds. The normalized spacial score (nSPS) is 12.7. The molecule has 0 aliphatic carbocycles. The second-order valence-electron chi connectivity index (χ2n) is 12.9. The molecule has 4 nitrogen and oxygen atoms in total. The summed E-state index contributed by atoms with van der Waals surface area (Å²) in [6.07, 6.45) is 0. The van der Waals surface area contributed by atoms with E-state index in [1.54, 1.807) is 0 Å². The summed E-state index contributed by atoms with van der Waals surface area (Å²) in [5.41, 5.74) is 8.23. The van der Waals surface area contributed by atoms with E-state index in [4.69, 9.17) is 21.8 Å². The largest absolute Gasteiger partial charge is 0.309 e. The van der Waals surface area contributed by atoms with E-state index < -0.39 is 6.04 Å². The van der Waals surface area contributed by atoms with Gasteiger partial charge in [0, 0.05) is 33.2 Å². The highest BCUT2D eigenvalue weighted by Gasteiger charge is 2.16. The summed E-state index contributed by atoms with van der Waals surface area (Å²) in [5, 5.41) is 4.07. The fraction of sp³-hybridized carbons (Fsp3) is 0. The maximum Gasteiger partial charge on any atom is 0.164 e. The molecule has 0 radical (unpaired) electrons. The van der Waals surface area contributed by atoms with E-state index >= 15 is 0 Å². The predicted molar refractivity (Wildman–Crippen MR) is 219 cm³/mol. The van der Waals surface area contributed by atoms with Gasteiger partial charge < -0.3 is 4.57 Å². The van der Waals surface area contributed by atoms with Crippen molar-refractivity contribution >= 4 is 32.6 Å². The molecule has 248 valence electrons. The maximum atomic E-state index is 8.77. The Morgan fingerprint density at radius 1 is 0.396 bits per heavy atom. The van der Waals surface area contributed by atoms with Crippen LogP contribution >= 0.6 is 0 Å². The number of hydrogen-bond acceptors (Lipinski definition) is 3. The third-order valence-electron chi connectivity index (χ3n) is 9.74. The molecule has 53 heavy (non-hydrogen) atoms. The Morgan fingerprint density at radius 3 is 1.57 bits per heavy atom. The molecular formula is C49H32N4. The van der Waals surface area contributed by atoms with E-state index in [0.29, 0.717) is 23.0 Å². The molecule has 0 N–H and O–H groups in total. The van der Waals surface area contributed by atoms with Crippen LogP contribution in [0.2, 0.25) is 0 Å². The van der Waals surface area contributed by atoms with Gasteiger partial charge in [0.1, 0.15) is 0 Å². The lowest BCUT2D eigenvalue weighted by molar-refractivity contribution is 1.07. The minimum Gasteiger partial charge on any atom is -0.309 e. The highest BCUT2D eigenvalue weighted by molar-refractivity contribution is 6.09. The van der Waals surface area contributed by atoms with Gasteiger partial charge in [0.15, 0.2) is 17.5 Å². The summed E-state index contributed by atoms with van der Waals surface area (Å²) < 4.78 is 44.7. The van der Waals surface area contributed by atoms with Gasteiger partial charge in [-0.3, -0.25) is 0 Å². The van der Waals surface area contributed by atoms with Gasteiger partial charge in [0.25, 0.3) is 0 Å². The SMILES string of the molecule is [2H]c1c([2H])c([2H])c(-c2cccc3cccc(-c4cccc(-c5nc(-c6ccccc6)nc(-c6ccc(-n7c8ccccc8c8ccccc87)cc6)n5)c4)c23)c([2H])c1[2H]. The number of aromatic nitrogens is 4. The molecule has 0 atom stereocenters. The van der Waals surface area contributed by atoms with Crippen molar-refractivity contribution in [2.24, 2.45) is 0 Å². The van der Waals surface area contributed by atoms with Crippen LogP contribution in [0.25, 0.3) is 94.7 Å². The summed E-state index contributed by atoms with van der Waals surface area (Å²) >= 11 is 0. The molecule has 0 saturated carbocycles. The van der Waals surface area contributed by atoms with Crippen LogP contribution < -0.4 is 0 Å². The van der Waals surface area contributed by atoms with Crippen molar-refractivity contribution in [3.05, 3.63) is 194 Å². The standard InChI is InChI=1S/C49H32N4/c1-3-14-33(15-4-1)40-24-12-18-34-19-13-25-41(46(34)40)37-20-11-21-38(32-37)49-51-47(35-16-5-2-6-17-35)50-48(52-49)36-28-30-39(31-29-36)53-44-26-9-7-22-42(44)43-23-8-10-27-45(43)53/h1-32H/i1D,3D,4D,14D,15D. The molecule has 10 rings (SSSR count). The summed E-state index contributed by atoms with van der Waals surface area (Å²) in [6.45, 7) is 0. The smallest absolute Gasteiger partial charge is 0.164 e. The summed E-state index contributed by atoms with van der Waals surface area (Å²) in [6, 6.07) is 53.0. The second-order valence-corrected chi connectivity index (χ2v) is 12.9. The molecule has 0 saturated heterocycles. The van der Waals surface area contributed by atoms with Crippen molar-refractivity contribution in [2.75, 3.05) is 0 Å². The number of para-hydroxylation sites is 2. The third-order valence-corrected chi connectivity index (χ3v) is 9.74. The van der Waals surface area contributed by atoms with Crippen molar-refractivity contribution in [2.45, 2.75) is 0 Å². The van der Waals surface area contributed by atoms with Crippen molar-refractivity contribution in [3.8, 4) is 62.1 Å². The highest BCUT2D eigenvalue weighted by atomic mass is 15.0. The van der Waals surface area contributed by atoms with Gasteiger partial charge in [-0.05, 0) is 75.5 Å². The Labute approximate surface area is 314 Å². The van der Waals surface area contributed by atoms with E-state index in [9.17, 15) is 0 Å². The summed E-state index contributed by atoms with van der Waals surface area (Å²) in [7, 11) is 0. The molecular weight excluding hydrogens is 645 g/mol. The van der Waals surface area contributed by atoms with Gasteiger partial charge in [-0.1, -0.05) is 152 Å². The lowest BCUT2D eigenvalue weighted by Gasteiger charge is -2.14. The van der Waals surface area contributed by atoms with Gasteiger partial charge in [-0.25, -0.2) is 15.0 Å². The van der Waals surface area contributed by atoms with Gasteiger partial charge in [0.05, 0.1) is 17.9 Å². The quantitative estimate of drug-likeness (QED) is 0.175. The number of nitrogens with zero attached hydrogens (tertiary/aromatic N) is 4. The van der Waals surface area contributed by atoms with Crippen LogP contribution in [0.3, 0.4) is 0 Å². The Balaban J connectivity index is 1.11. The summed E-state index contributed by atoms with van der Waals surface area (Å²) in [4.78, 5) is 15.1. The minimum atomic E-state index is -0.419. The number of hydrogen-bond donors (Lipinski definition) is 0. The lowest BCUT2D eigenvalue weighted by atomic mass is 9.91. The van der Waals surface area contributed by atoms with Gasteiger partial charge >= 0.3 is 0 Å². The number of fused-ring (bicyclic) bond motifs is 4. The first-order chi connectivity index (χ1) is 28.4. The Morgan fingerprint density at radius 2 is 0.906 bits per heavy atom. The fourth-order valence-electron chi connectivity index (χ4n) is 7.31. The topological polar surface area (TPSA) is 43.6 Å². The van der Waals surface area contributed by atoms with Crippen LogP contribution in [0.5, 0.6) is 0 Å². The minimum absolute atomic E-state index is 0.166. The fourth-order valence-corrected chi connectivity index (χ4v) is 7.31. The second kappa shape index (κ2) is 12.9. The Kier molecular flexibility index (Phi) is 6.24. The molecule has 0 spiro atoms. The highest BCUT2D eigenvalue weighted by Crippen LogP contribution is 2.38. The van der Waals surface area contributed by atoms with Crippen molar-refractivity contribution < 1.29 is 6.85 Å². The number of benzene rings is 8. The molecule has 2 heterocycles. The molecule has 0 bridgehead atoms. The Hall–Kier alpha value is -7.17. The van der Waals surface area contributed by atoms with Gasteiger partial charge in [-0.15, -0.1) is 0 Å². The molecule has 0 aliphatic rings. The first kappa shape index (κ1) is 25.7. The average Bonchev–Trinajstić information content (AvgIpc) is 3.62. The van der Waals surface area contributed by atoms with E-state index in [2.05, 4.69) is 77.4 Å². The van der Waals surface area contributed by atoms with Crippen LogP contribution in [0.4, 0.5) is 0 Å². The van der Waals surface area contributed by atoms with Crippen LogP contribution in [0.15, 0.2) is 194 Å². The zero-order valence-electron chi connectivity index (χ0n) is 33.4. The molecule has 0 unspecified atom stereocenters. The van der Waals surface area contributed by atoms with Crippen LogP contribution in [-0.2, 0) is 0 Å². The van der Waals surface area contributed by atoms with E-state index in [-0.39, 0.29) is 29.7 Å². The van der Waals surface area contributed by atoms with Crippen LogP contribution in [0, 0.1) is 0 Å². The van der Waals surface area contributed by atoms with Crippen molar-refractivity contribution in [1.29, 1.82) is 0 Å². The molecule has 4 heteroatoms. The third kappa shape index (κ3) is 5.45. The monoisotopic (exact) mass is 681 g/mol. The molecule has 10 aromatic rings. The van der Waals surface area contributed by atoms with E-state index in [0.717, 1.165) is 55.3 Å². The number of rotatable bonds is 6. The van der Waals surface area contributed by atoms with Crippen LogP contribution in [-0.4, -0.2) is 19.5 Å². The first-order valence-electron chi connectivity index (χ1n) is 20.0. The molecule has 0 aliphatic heterocycles. The van der Waals surface area contributed by atoms with Gasteiger partial charge in [0.2, 0.25) is 0 Å². The average molecular weight is 682 g/mol. The van der Waals surface area contributed by atoms with E-state index in [1.165, 1.54) is 10.8 Å². The van der Waals surface area contributed by atoms with Crippen LogP contribution in [0.1, 0.15) is 6.85 Å². The van der Waals surface area contributed by atoms with Crippen molar-refractivity contribution in [1.82, 2.24) is 19.5 Å². The lowest BCUT2D eigenvalue weighted by Crippen LogP contribution is -2.00. The zero-order chi connectivity index (χ0) is 39.5. The predicted octanol–water partition coefficient (Wildman–Crippen LogP) is 12.5. The Bertz CT molecular complexity index is 3150.